The molecule has 6 nitrogen and oxygen atoms in total. The molecule has 1 atom stereocenters. The van der Waals surface area contributed by atoms with Crippen molar-refractivity contribution in [2.24, 2.45) is 0 Å². The molecule has 0 aliphatic carbocycles. The summed E-state index contributed by atoms with van der Waals surface area (Å²) in [6, 6.07) is 13.2. The number of nitrogens with zero attached hydrogens (tertiary/aromatic N) is 1. The maximum atomic E-state index is 12.7. The fourth-order valence-corrected chi connectivity index (χ4v) is 4.90. The maximum Gasteiger partial charge on any atom is 0.232 e. The Labute approximate surface area is 185 Å². The van der Waals surface area contributed by atoms with Crippen LogP contribution in [0.15, 0.2) is 42.5 Å². The molecule has 1 N–H and O–H groups in total. The number of amides is 1. The molecule has 0 saturated carbocycles. The van der Waals surface area contributed by atoms with Crippen LogP contribution in [-0.4, -0.2) is 32.7 Å². The van der Waals surface area contributed by atoms with Crippen molar-refractivity contribution in [3.8, 4) is 5.75 Å². The highest BCUT2D eigenvalue weighted by Crippen LogP contribution is 2.39. The van der Waals surface area contributed by atoms with Crippen molar-refractivity contribution in [2.45, 2.75) is 58.6 Å². The minimum Gasteiger partial charge on any atom is -0.487 e. The highest BCUT2D eigenvalue weighted by atomic mass is 32.2. The second-order valence-electron chi connectivity index (χ2n) is 9.00. The van der Waals surface area contributed by atoms with E-state index >= 15 is 0 Å². The molecule has 0 bridgehead atoms. The molecule has 1 aliphatic heterocycles. The number of hydrogen-bond donors (Lipinski definition) is 1. The van der Waals surface area contributed by atoms with E-state index in [-0.39, 0.29) is 30.5 Å². The largest absolute Gasteiger partial charge is 0.487 e. The summed E-state index contributed by atoms with van der Waals surface area (Å²) >= 11 is 0. The van der Waals surface area contributed by atoms with Gasteiger partial charge in [-0.2, -0.15) is 0 Å². The molecule has 1 aliphatic rings. The molecular weight excluding hydrogens is 412 g/mol. The van der Waals surface area contributed by atoms with Crippen molar-refractivity contribution >= 4 is 21.6 Å². The highest BCUT2D eigenvalue weighted by Gasteiger charge is 2.34. The Balaban J connectivity index is 1.64. The van der Waals surface area contributed by atoms with Crippen LogP contribution in [0, 0.1) is 13.8 Å². The van der Waals surface area contributed by atoms with Crippen LogP contribution in [0.25, 0.3) is 0 Å². The number of sulfonamides is 1. The lowest BCUT2D eigenvalue weighted by Gasteiger charge is -2.38. The topological polar surface area (TPSA) is 75.7 Å². The summed E-state index contributed by atoms with van der Waals surface area (Å²) in [5.41, 5.74) is 3.39. The van der Waals surface area contributed by atoms with Gasteiger partial charge in [-0.1, -0.05) is 29.8 Å². The van der Waals surface area contributed by atoms with E-state index in [0.29, 0.717) is 18.5 Å². The summed E-state index contributed by atoms with van der Waals surface area (Å²) in [5.74, 6) is 0.718. The van der Waals surface area contributed by atoms with Gasteiger partial charge in [-0.3, -0.25) is 9.10 Å². The van der Waals surface area contributed by atoms with E-state index in [4.69, 9.17) is 4.74 Å². The van der Waals surface area contributed by atoms with E-state index in [1.54, 1.807) is 12.1 Å². The average molecular weight is 445 g/mol. The normalized spacial score (nSPS) is 17.4. The zero-order chi connectivity index (χ0) is 22.8. The van der Waals surface area contributed by atoms with E-state index < -0.39 is 10.0 Å². The summed E-state index contributed by atoms with van der Waals surface area (Å²) in [4.78, 5) is 12.7. The Kier molecular flexibility index (Phi) is 6.65. The Hall–Kier alpha value is -2.54. The van der Waals surface area contributed by atoms with Gasteiger partial charge < -0.3 is 10.1 Å². The Morgan fingerprint density at radius 1 is 1.13 bits per heavy atom. The van der Waals surface area contributed by atoms with Crippen molar-refractivity contribution in [3.05, 3.63) is 59.2 Å². The van der Waals surface area contributed by atoms with Gasteiger partial charge in [0, 0.05) is 24.9 Å². The number of carbonyl (C=O) groups excluding carboxylic acids is 1. The Morgan fingerprint density at radius 3 is 2.42 bits per heavy atom. The number of fused-ring (bicyclic) bond motifs is 1. The standard InChI is InChI=1S/C24H32N2O4S/c1-17-8-11-19(12-9-17)26(31(5,28)29)14-6-7-23(27)25-21-16-24(3,4)30-22-15-18(2)10-13-20(21)22/h8-13,15,21H,6-7,14,16H2,1-5H3,(H,25,27)/t21-/m0/s1. The second kappa shape index (κ2) is 8.91. The number of nitrogens with one attached hydrogen (secondary N) is 1. The van der Waals surface area contributed by atoms with E-state index in [0.717, 1.165) is 22.4 Å². The SMILES string of the molecule is Cc1ccc(N(CCCC(=O)N[C@H]2CC(C)(C)Oc3cc(C)ccc32)S(C)(=O)=O)cc1. The molecule has 0 saturated heterocycles. The van der Waals surface area contributed by atoms with Gasteiger partial charge in [0.05, 0.1) is 18.0 Å². The molecule has 168 valence electrons. The molecule has 31 heavy (non-hydrogen) atoms. The monoisotopic (exact) mass is 444 g/mol. The van der Waals surface area contributed by atoms with Crippen molar-refractivity contribution in [1.82, 2.24) is 5.32 Å². The van der Waals surface area contributed by atoms with Crippen LogP contribution in [0.3, 0.4) is 0 Å². The van der Waals surface area contributed by atoms with Crippen LogP contribution in [0.4, 0.5) is 5.69 Å². The average Bonchev–Trinajstić information content (AvgIpc) is 2.64. The lowest BCUT2D eigenvalue weighted by Crippen LogP contribution is -2.41. The van der Waals surface area contributed by atoms with Gasteiger partial charge in [0.2, 0.25) is 15.9 Å². The maximum absolute atomic E-state index is 12.7. The van der Waals surface area contributed by atoms with Gasteiger partial charge in [0.15, 0.2) is 0 Å². The van der Waals surface area contributed by atoms with Gasteiger partial charge in [-0.15, -0.1) is 0 Å². The molecule has 1 amide bonds. The fraction of sp³-hybridized carbons (Fsp3) is 0.458. The minimum atomic E-state index is -3.43. The number of carbonyl (C=O) groups is 1. The predicted molar refractivity (Wildman–Crippen MR) is 124 cm³/mol. The molecule has 1 heterocycles. The lowest BCUT2D eigenvalue weighted by atomic mass is 9.89. The molecule has 0 radical (unpaired) electrons. The third-order valence-corrected chi connectivity index (χ3v) is 6.64. The minimum absolute atomic E-state index is 0.0911. The first kappa shape index (κ1) is 23.1. The molecule has 0 spiro atoms. The van der Waals surface area contributed by atoms with Gasteiger partial charge in [-0.25, -0.2) is 8.42 Å². The Bertz CT molecular complexity index is 1050. The first-order chi connectivity index (χ1) is 14.4. The molecule has 2 aromatic carbocycles. The summed E-state index contributed by atoms with van der Waals surface area (Å²) in [5, 5.41) is 3.12. The number of rotatable bonds is 7. The van der Waals surface area contributed by atoms with Crippen molar-refractivity contribution in [3.63, 3.8) is 0 Å². The molecule has 7 heteroatoms. The fourth-order valence-electron chi connectivity index (χ4n) is 3.93. The van der Waals surface area contributed by atoms with Crippen LogP contribution < -0.4 is 14.4 Å². The summed E-state index contributed by atoms with van der Waals surface area (Å²) < 4.78 is 32.0. The summed E-state index contributed by atoms with van der Waals surface area (Å²) in [6.07, 6.45) is 2.54. The van der Waals surface area contributed by atoms with Gasteiger partial charge in [-0.05, 0) is 57.9 Å². The third-order valence-electron chi connectivity index (χ3n) is 5.45. The number of anilines is 1. The van der Waals surface area contributed by atoms with E-state index in [2.05, 4.69) is 5.32 Å². The molecular formula is C24H32N2O4S. The lowest BCUT2D eigenvalue weighted by molar-refractivity contribution is -0.122. The number of hydrogen-bond acceptors (Lipinski definition) is 4. The van der Waals surface area contributed by atoms with Crippen LogP contribution in [0.1, 0.15) is 55.8 Å². The van der Waals surface area contributed by atoms with E-state index in [1.165, 1.54) is 10.6 Å². The number of ether oxygens (including phenoxy) is 1. The summed E-state index contributed by atoms with van der Waals surface area (Å²) in [7, 11) is -3.43. The highest BCUT2D eigenvalue weighted by molar-refractivity contribution is 7.92. The number of aryl methyl sites for hydroxylation is 2. The Morgan fingerprint density at radius 2 is 1.77 bits per heavy atom. The quantitative estimate of drug-likeness (QED) is 0.692. The van der Waals surface area contributed by atoms with Crippen molar-refractivity contribution in [2.75, 3.05) is 17.1 Å². The van der Waals surface area contributed by atoms with Crippen LogP contribution in [0.5, 0.6) is 5.75 Å². The second-order valence-corrected chi connectivity index (χ2v) is 10.9. The first-order valence-electron chi connectivity index (χ1n) is 10.6. The van der Waals surface area contributed by atoms with Gasteiger partial charge in [0.25, 0.3) is 0 Å². The zero-order valence-corrected chi connectivity index (χ0v) is 19.8. The van der Waals surface area contributed by atoms with Crippen molar-refractivity contribution in [1.29, 1.82) is 0 Å². The molecule has 2 aromatic rings. The summed E-state index contributed by atoms with van der Waals surface area (Å²) in [6.45, 7) is 8.26. The molecule has 0 fully saturated rings. The number of benzene rings is 2. The van der Waals surface area contributed by atoms with E-state index in [9.17, 15) is 13.2 Å². The van der Waals surface area contributed by atoms with E-state index in [1.807, 2.05) is 58.0 Å². The molecule has 3 rings (SSSR count). The third kappa shape index (κ3) is 6.00. The molecule has 0 aromatic heterocycles. The van der Waals surface area contributed by atoms with Gasteiger partial charge in [0.1, 0.15) is 11.4 Å². The molecule has 0 unspecified atom stereocenters. The first-order valence-corrected chi connectivity index (χ1v) is 12.4. The zero-order valence-electron chi connectivity index (χ0n) is 18.9. The van der Waals surface area contributed by atoms with Crippen LogP contribution >= 0.6 is 0 Å². The van der Waals surface area contributed by atoms with Crippen molar-refractivity contribution < 1.29 is 17.9 Å². The van der Waals surface area contributed by atoms with Crippen LogP contribution in [0.2, 0.25) is 0 Å². The van der Waals surface area contributed by atoms with Gasteiger partial charge >= 0.3 is 0 Å². The van der Waals surface area contributed by atoms with Crippen LogP contribution in [-0.2, 0) is 14.8 Å². The smallest absolute Gasteiger partial charge is 0.232 e. The predicted octanol–water partition coefficient (Wildman–Crippen LogP) is 4.27.